The number of carbonyl (C=O) groups is 1. The second-order valence-corrected chi connectivity index (χ2v) is 6.77. The van der Waals surface area contributed by atoms with Crippen molar-refractivity contribution in [3.63, 3.8) is 0 Å². The van der Waals surface area contributed by atoms with Crippen LogP contribution in [0, 0.1) is 19.7 Å². The van der Waals surface area contributed by atoms with Gasteiger partial charge in [0, 0.05) is 26.2 Å². The molecule has 5 heteroatoms. The van der Waals surface area contributed by atoms with Crippen molar-refractivity contribution in [2.45, 2.75) is 26.9 Å². The molecule has 2 aromatic carbocycles. The van der Waals surface area contributed by atoms with Crippen LogP contribution in [0.3, 0.4) is 0 Å². The maximum Gasteiger partial charge on any atom is 0.263 e. The van der Waals surface area contributed by atoms with Crippen LogP contribution in [0.1, 0.15) is 18.1 Å². The van der Waals surface area contributed by atoms with Gasteiger partial charge in [0.05, 0.1) is 5.69 Å². The fraction of sp³-hybridized carbons (Fsp3) is 0.381. The molecule has 2 aromatic rings. The summed E-state index contributed by atoms with van der Waals surface area (Å²) in [4.78, 5) is 16.4. The van der Waals surface area contributed by atoms with E-state index in [2.05, 4.69) is 0 Å². The molecule has 4 nitrogen and oxygen atoms in total. The second kappa shape index (κ2) is 7.77. The molecule has 1 aliphatic rings. The Labute approximate surface area is 154 Å². The maximum atomic E-state index is 13.9. The number of para-hydroxylation sites is 1. The summed E-state index contributed by atoms with van der Waals surface area (Å²) in [5.41, 5.74) is 2.93. The van der Waals surface area contributed by atoms with Gasteiger partial charge in [-0.1, -0.05) is 18.2 Å². The molecule has 1 amide bonds. The first kappa shape index (κ1) is 18.2. The number of benzene rings is 2. The maximum absolute atomic E-state index is 13.9. The fourth-order valence-electron chi connectivity index (χ4n) is 3.17. The molecule has 138 valence electrons. The van der Waals surface area contributed by atoms with Crippen molar-refractivity contribution in [2.75, 3.05) is 31.1 Å². The Balaban J connectivity index is 1.57. The normalized spacial score (nSPS) is 15.7. The SMILES string of the molecule is Cc1ccc(O[C@H](C)C(=O)N2CCN(c3ccccc3F)CC2)cc1C. The summed E-state index contributed by atoms with van der Waals surface area (Å²) in [7, 11) is 0. The molecular formula is C21H25FN2O2. The van der Waals surface area contributed by atoms with Gasteiger partial charge in [-0.05, 0) is 56.2 Å². The van der Waals surface area contributed by atoms with Crippen LogP contribution >= 0.6 is 0 Å². The minimum absolute atomic E-state index is 0.0311. The van der Waals surface area contributed by atoms with Crippen LogP contribution in [0.2, 0.25) is 0 Å². The molecule has 0 radical (unpaired) electrons. The van der Waals surface area contributed by atoms with Gasteiger partial charge in [0.15, 0.2) is 6.10 Å². The number of halogens is 1. The van der Waals surface area contributed by atoms with Gasteiger partial charge in [-0.25, -0.2) is 4.39 Å². The van der Waals surface area contributed by atoms with Gasteiger partial charge >= 0.3 is 0 Å². The van der Waals surface area contributed by atoms with Gasteiger partial charge in [-0.15, -0.1) is 0 Å². The van der Waals surface area contributed by atoms with E-state index in [0.717, 1.165) is 5.56 Å². The molecule has 3 rings (SSSR count). The molecule has 26 heavy (non-hydrogen) atoms. The molecule has 1 saturated heterocycles. The number of anilines is 1. The number of piperazine rings is 1. The smallest absolute Gasteiger partial charge is 0.263 e. The van der Waals surface area contributed by atoms with E-state index >= 15 is 0 Å². The minimum atomic E-state index is -0.544. The van der Waals surface area contributed by atoms with Gasteiger partial charge in [-0.3, -0.25) is 4.79 Å². The van der Waals surface area contributed by atoms with Crippen molar-refractivity contribution >= 4 is 11.6 Å². The molecule has 0 N–H and O–H groups in total. The number of amides is 1. The topological polar surface area (TPSA) is 32.8 Å². The number of carbonyl (C=O) groups excluding carboxylic acids is 1. The highest BCUT2D eigenvalue weighted by atomic mass is 19.1. The van der Waals surface area contributed by atoms with Crippen LogP contribution < -0.4 is 9.64 Å². The Morgan fingerprint density at radius 2 is 1.73 bits per heavy atom. The van der Waals surface area contributed by atoms with E-state index < -0.39 is 6.10 Å². The largest absolute Gasteiger partial charge is 0.481 e. The lowest BCUT2D eigenvalue weighted by molar-refractivity contribution is -0.138. The lowest BCUT2D eigenvalue weighted by Crippen LogP contribution is -2.52. The first-order chi connectivity index (χ1) is 12.5. The Morgan fingerprint density at radius 1 is 1.04 bits per heavy atom. The molecule has 1 aliphatic heterocycles. The van der Waals surface area contributed by atoms with Gasteiger partial charge in [0.25, 0.3) is 5.91 Å². The highest BCUT2D eigenvalue weighted by Gasteiger charge is 2.27. The monoisotopic (exact) mass is 356 g/mol. The van der Waals surface area contributed by atoms with E-state index in [4.69, 9.17) is 4.74 Å². The van der Waals surface area contributed by atoms with Gasteiger partial charge < -0.3 is 14.5 Å². The van der Waals surface area contributed by atoms with Crippen LogP contribution in [0.4, 0.5) is 10.1 Å². The number of rotatable bonds is 4. The van der Waals surface area contributed by atoms with Crippen molar-refractivity contribution in [3.8, 4) is 5.75 Å². The molecule has 1 heterocycles. The number of hydrogen-bond donors (Lipinski definition) is 0. The first-order valence-electron chi connectivity index (χ1n) is 8.98. The minimum Gasteiger partial charge on any atom is -0.481 e. The first-order valence-corrected chi connectivity index (χ1v) is 8.98. The fourth-order valence-corrected chi connectivity index (χ4v) is 3.17. The third-order valence-electron chi connectivity index (χ3n) is 4.92. The summed E-state index contributed by atoms with van der Waals surface area (Å²) >= 11 is 0. The zero-order chi connectivity index (χ0) is 18.7. The summed E-state index contributed by atoms with van der Waals surface area (Å²) < 4.78 is 19.8. The number of hydrogen-bond acceptors (Lipinski definition) is 3. The number of ether oxygens (including phenoxy) is 1. The van der Waals surface area contributed by atoms with Crippen molar-refractivity contribution in [1.29, 1.82) is 0 Å². The van der Waals surface area contributed by atoms with E-state index in [1.807, 2.05) is 43.0 Å². The molecule has 1 atom stereocenters. The Kier molecular flexibility index (Phi) is 5.45. The van der Waals surface area contributed by atoms with E-state index in [0.29, 0.717) is 37.6 Å². The average molecular weight is 356 g/mol. The molecule has 0 saturated carbocycles. The van der Waals surface area contributed by atoms with Crippen molar-refractivity contribution in [1.82, 2.24) is 4.90 Å². The number of aryl methyl sites for hydroxylation is 2. The van der Waals surface area contributed by atoms with Crippen LogP contribution in [-0.2, 0) is 4.79 Å². The van der Waals surface area contributed by atoms with Crippen molar-refractivity contribution < 1.29 is 13.9 Å². The average Bonchev–Trinajstić information content (AvgIpc) is 2.65. The summed E-state index contributed by atoms with van der Waals surface area (Å²) in [6, 6.07) is 12.6. The summed E-state index contributed by atoms with van der Waals surface area (Å²) in [6.07, 6.45) is -0.544. The third kappa shape index (κ3) is 3.98. The van der Waals surface area contributed by atoms with E-state index in [1.165, 1.54) is 11.6 Å². The molecule has 0 aliphatic carbocycles. The van der Waals surface area contributed by atoms with E-state index in [-0.39, 0.29) is 11.7 Å². The molecule has 0 spiro atoms. The zero-order valence-electron chi connectivity index (χ0n) is 15.5. The summed E-state index contributed by atoms with van der Waals surface area (Å²) in [6.45, 7) is 8.20. The molecule has 0 unspecified atom stereocenters. The third-order valence-corrected chi connectivity index (χ3v) is 4.92. The van der Waals surface area contributed by atoms with Crippen LogP contribution in [0.25, 0.3) is 0 Å². The highest BCUT2D eigenvalue weighted by molar-refractivity contribution is 5.81. The highest BCUT2D eigenvalue weighted by Crippen LogP contribution is 2.21. The van der Waals surface area contributed by atoms with Crippen LogP contribution in [0.5, 0.6) is 5.75 Å². The van der Waals surface area contributed by atoms with Gasteiger partial charge in [0.2, 0.25) is 0 Å². The molecule has 1 fully saturated rings. The second-order valence-electron chi connectivity index (χ2n) is 6.77. The number of nitrogens with zero attached hydrogens (tertiary/aromatic N) is 2. The molecule has 0 aromatic heterocycles. The lowest BCUT2D eigenvalue weighted by atomic mass is 10.1. The molecular weight excluding hydrogens is 331 g/mol. The van der Waals surface area contributed by atoms with Gasteiger partial charge in [-0.2, -0.15) is 0 Å². The van der Waals surface area contributed by atoms with Crippen LogP contribution in [-0.4, -0.2) is 43.1 Å². The van der Waals surface area contributed by atoms with Crippen LogP contribution in [0.15, 0.2) is 42.5 Å². The zero-order valence-corrected chi connectivity index (χ0v) is 15.5. The lowest BCUT2D eigenvalue weighted by Gasteiger charge is -2.37. The quantitative estimate of drug-likeness (QED) is 0.840. The van der Waals surface area contributed by atoms with E-state index in [9.17, 15) is 9.18 Å². The standard InChI is InChI=1S/C21H25FN2O2/c1-15-8-9-18(14-16(15)2)26-17(3)21(25)24-12-10-23(11-13-24)20-7-5-4-6-19(20)22/h4-9,14,17H,10-13H2,1-3H3/t17-/m1/s1. The Morgan fingerprint density at radius 3 is 2.38 bits per heavy atom. The van der Waals surface area contributed by atoms with E-state index in [1.54, 1.807) is 24.0 Å². The van der Waals surface area contributed by atoms with Crippen molar-refractivity contribution in [2.24, 2.45) is 0 Å². The predicted octanol–water partition coefficient (Wildman–Crippen LogP) is 3.56. The predicted molar refractivity (Wildman–Crippen MR) is 101 cm³/mol. The summed E-state index contributed by atoms with van der Waals surface area (Å²) in [5, 5.41) is 0. The summed E-state index contributed by atoms with van der Waals surface area (Å²) in [5.74, 6) is 0.453. The van der Waals surface area contributed by atoms with Gasteiger partial charge in [0.1, 0.15) is 11.6 Å². The van der Waals surface area contributed by atoms with Crippen molar-refractivity contribution in [3.05, 3.63) is 59.4 Å². The Bertz CT molecular complexity index is 785. The Hall–Kier alpha value is -2.56. The molecule has 0 bridgehead atoms.